The summed E-state index contributed by atoms with van der Waals surface area (Å²) in [4.78, 5) is 23.6. The van der Waals surface area contributed by atoms with Crippen molar-refractivity contribution in [3.05, 3.63) is 23.0 Å². The molecule has 1 aromatic rings. The van der Waals surface area contributed by atoms with Crippen molar-refractivity contribution in [3.8, 4) is 0 Å². The molecule has 0 unspecified atom stereocenters. The van der Waals surface area contributed by atoms with Crippen LogP contribution in [0.4, 0.5) is 0 Å². The van der Waals surface area contributed by atoms with Crippen molar-refractivity contribution in [1.29, 1.82) is 0 Å². The van der Waals surface area contributed by atoms with Crippen LogP contribution in [0.15, 0.2) is 12.3 Å². The molecule has 0 aromatic carbocycles. The molecule has 0 bridgehead atoms. The second-order valence-corrected chi connectivity index (χ2v) is 5.92. The summed E-state index contributed by atoms with van der Waals surface area (Å²) in [5.74, 6) is -1.10. The molecule has 1 fully saturated rings. The normalized spacial score (nSPS) is 17.7. The molecule has 0 atom stereocenters. The lowest BCUT2D eigenvalue weighted by atomic mass is 9.74. The highest BCUT2D eigenvalue weighted by Crippen LogP contribution is 2.36. The molecule has 20 heavy (non-hydrogen) atoms. The number of aryl methyl sites for hydroxylation is 1. The van der Waals surface area contributed by atoms with Crippen molar-refractivity contribution >= 4 is 23.5 Å². The van der Waals surface area contributed by atoms with E-state index in [0.717, 1.165) is 19.3 Å². The van der Waals surface area contributed by atoms with Crippen LogP contribution in [0.5, 0.6) is 0 Å². The molecule has 1 amide bonds. The van der Waals surface area contributed by atoms with Crippen LogP contribution in [0.25, 0.3) is 0 Å². The van der Waals surface area contributed by atoms with Crippen molar-refractivity contribution in [2.24, 2.45) is 12.5 Å². The van der Waals surface area contributed by atoms with E-state index in [9.17, 15) is 14.7 Å². The first-order chi connectivity index (χ1) is 9.44. The van der Waals surface area contributed by atoms with E-state index in [1.165, 1.54) is 0 Å². The molecule has 1 heterocycles. The number of carboxylic acid groups (broad SMARTS) is 1. The van der Waals surface area contributed by atoms with Crippen LogP contribution in [0.2, 0.25) is 5.02 Å². The van der Waals surface area contributed by atoms with Gasteiger partial charge in [-0.3, -0.25) is 9.59 Å². The van der Waals surface area contributed by atoms with Gasteiger partial charge in [0.1, 0.15) is 5.69 Å². The minimum atomic E-state index is -0.817. The molecule has 2 N–H and O–H groups in total. The molecule has 1 saturated carbocycles. The summed E-state index contributed by atoms with van der Waals surface area (Å²) in [5, 5.41) is 12.7. The van der Waals surface area contributed by atoms with Crippen molar-refractivity contribution < 1.29 is 14.7 Å². The molecule has 5 nitrogen and oxygen atoms in total. The summed E-state index contributed by atoms with van der Waals surface area (Å²) in [7, 11) is 1.73. The number of nitrogens with one attached hydrogen (secondary N) is 1. The fraction of sp³-hybridized carbons (Fsp3) is 0.571. The molecular weight excluding hydrogens is 280 g/mol. The number of carboxylic acids is 1. The second-order valence-electron chi connectivity index (χ2n) is 5.48. The van der Waals surface area contributed by atoms with Crippen molar-refractivity contribution in [2.45, 2.75) is 32.1 Å². The lowest BCUT2D eigenvalue weighted by molar-refractivity contribution is -0.150. The van der Waals surface area contributed by atoms with Gasteiger partial charge in [-0.15, -0.1) is 0 Å². The predicted molar refractivity (Wildman–Crippen MR) is 75.9 cm³/mol. The zero-order valence-corrected chi connectivity index (χ0v) is 12.2. The molecule has 0 saturated heterocycles. The summed E-state index contributed by atoms with van der Waals surface area (Å²) in [6.07, 6.45) is 5.75. The third kappa shape index (κ3) is 2.98. The van der Waals surface area contributed by atoms with Crippen LogP contribution in [-0.2, 0) is 11.8 Å². The van der Waals surface area contributed by atoms with Gasteiger partial charge in [0.25, 0.3) is 5.91 Å². The first-order valence-corrected chi connectivity index (χ1v) is 7.16. The van der Waals surface area contributed by atoms with Gasteiger partial charge in [0.2, 0.25) is 0 Å². The maximum atomic E-state index is 12.1. The first kappa shape index (κ1) is 14.9. The van der Waals surface area contributed by atoms with Gasteiger partial charge in [0, 0.05) is 19.8 Å². The number of carbonyl (C=O) groups excluding carboxylic acids is 1. The monoisotopic (exact) mass is 298 g/mol. The van der Waals surface area contributed by atoms with Crippen LogP contribution in [0.3, 0.4) is 0 Å². The Balaban J connectivity index is 2.04. The molecule has 2 rings (SSSR count). The van der Waals surface area contributed by atoms with E-state index in [4.69, 9.17) is 11.6 Å². The Morgan fingerprint density at radius 2 is 2.05 bits per heavy atom. The summed E-state index contributed by atoms with van der Waals surface area (Å²) in [5.41, 5.74) is -0.380. The van der Waals surface area contributed by atoms with E-state index in [1.54, 1.807) is 23.9 Å². The van der Waals surface area contributed by atoms with E-state index < -0.39 is 11.4 Å². The number of aliphatic carboxylic acids is 1. The minimum absolute atomic E-state index is 0.171. The zero-order valence-electron chi connectivity index (χ0n) is 11.5. The predicted octanol–water partition coefficient (Wildman–Crippen LogP) is 2.44. The smallest absolute Gasteiger partial charge is 0.311 e. The average Bonchev–Trinajstić information content (AvgIpc) is 2.76. The van der Waals surface area contributed by atoms with Crippen molar-refractivity contribution in [1.82, 2.24) is 9.88 Å². The SMILES string of the molecule is Cn1cc(Cl)cc1C(=O)NCC1(C(=O)O)CCCCC1. The Bertz CT molecular complexity index is 518. The van der Waals surface area contributed by atoms with Crippen LogP contribution >= 0.6 is 11.6 Å². The van der Waals surface area contributed by atoms with Crippen molar-refractivity contribution in [2.75, 3.05) is 6.54 Å². The van der Waals surface area contributed by atoms with E-state index in [0.29, 0.717) is 23.6 Å². The Kier molecular flexibility index (Phi) is 4.38. The third-order valence-electron chi connectivity index (χ3n) is 4.06. The molecule has 0 aliphatic heterocycles. The topological polar surface area (TPSA) is 71.3 Å². The van der Waals surface area contributed by atoms with Crippen LogP contribution in [0, 0.1) is 5.41 Å². The maximum absolute atomic E-state index is 12.1. The zero-order chi connectivity index (χ0) is 14.8. The van der Waals surface area contributed by atoms with Crippen LogP contribution < -0.4 is 5.32 Å². The number of carbonyl (C=O) groups is 2. The van der Waals surface area contributed by atoms with Crippen molar-refractivity contribution in [3.63, 3.8) is 0 Å². The summed E-state index contributed by atoms with van der Waals surface area (Å²) >= 11 is 5.84. The molecule has 0 spiro atoms. The lowest BCUT2D eigenvalue weighted by Crippen LogP contribution is -2.44. The van der Waals surface area contributed by atoms with Gasteiger partial charge in [-0.2, -0.15) is 0 Å². The van der Waals surface area contributed by atoms with Crippen LogP contribution in [-0.4, -0.2) is 28.1 Å². The molecular formula is C14H19ClN2O3. The maximum Gasteiger partial charge on any atom is 0.311 e. The number of nitrogens with zero attached hydrogens (tertiary/aromatic N) is 1. The number of amides is 1. The van der Waals surface area contributed by atoms with Gasteiger partial charge >= 0.3 is 5.97 Å². The van der Waals surface area contributed by atoms with E-state index in [-0.39, 0.29) is 12.5 Å². The highest BCUT2D eigenvalue weighted by Gasteiger charge is 2.39. The summed E-state index contributed by atoms with van der Waals surface area (Å²) < 4.78 is 1.63. The number of aromatic nitrogens is 1. The Hall–Kier alpha value is -1.49. The standard InChI is InChI=1S/C14H19ClN2O3/c1-17-8-10(15)7-11(17)12(18)16-9-14(13(19)20)5-3-2-4-6-14/h7-8H,2-6,9H2,1H3,(H,16,18)(H,19,20). The lowest BCUT2D eigenvalue weighted by Gasteiger charge is -2.33. The highest BCUT2D eigenvalue weighted by molar-refractivity contribution is 6.31. The van der Waals surface area contributed by atoms with Gasteiger partial charge in [0.05, 0.1) is 10.4 Å². The molecule has 1 aromatic heterocycles. The van der Waals surface area contributed by atoms with Gasteiger partial charge in [0.15, 0.2) is 0 Å². The Labute approximate surface area is 122 Å². The number of rotatable bonds is 4. The van der Waals surface area contributed by atoms with Crippen LogP contribution in [0.1, 0.15) is 42.6 Å². The van der Waals surface area contributed by atoms with E-state index in [2.05, 4.69) is 5.32 Å². The van der Waals surface area contributed by atoms with E-state index >= 15 is 0 Å². The average molecular weight is 299 g/mol. The fourth-order valence-corrected chi connectivity index (χ4v) is 3.03. The third-order valence-corrected chi connectivity index (χ3v) is 4.26. The quantitative estimate of drug-likeness (QED) is 0.897. The first-order valence-electron chi connectivity index (χ1n) is 6.78. The Morgan fingerprint density at radius 1 is 1.40 bits per heavy atom. The largest absolute Gasteiger partial charge is 0.481 e. The summed E-state index contributed by atoms with van der Waals surface area (Å²) in [6.45, 7) is 0.171. The molecule has 6 heteroatoms. The molecule has 1 aliphatic rings. The fourth-order valence-electron chi connectivity index (χ4n) is 2.78. The van der Waals surface area contributed by atoms with E-state index in [1.807, 2.05) is 0 Å². The van der Waals surface area contributed by atoms with Gasteiger partial charge in [-0.05, 0) is 18.9 Å². The molecule has 0 radical (unpaired) electrons. The number of hydrogen-bond donors (Lipinski definition) is 2. The second kappa shape index (κ2) is 5.87. The summed E-state index contributed by atoms with van der Waals surface area (Å²) in [6, 6.07) is 1.57. The van der Waals surface area contributed by atoms with Gasteiger partial charge in [-0.1, -0.05) is 30.9 Å². The number of halogens is 1. The highest BCUT2D eigenvalue weighted by atomic mass is 35.5. The molecule has 110 valence electrons. The number of hydrogen-bond acceptors (Lipinski definition) is 2. The minimum Gasteiger partial charge on any atom is -0.481 e. The molecule has 1 aliphatic carbocycles. The van der Waals surface area contributed by atoms with Gasteiger partial charge < -0.3 is 15.0 Å². The van der Waals surface area contributed by atoms with Gasteiger partial charge in [-0.25, -0.2) is 0 Å². The Morgan fingerprint density at radius 3 is 2.55 bits per heavy atom.